The van der Waals surface area contributed by atoms with Crippen LogP contribution in [0.2, 0.25) is 0 Å². The molecule has 1 nitrogen and oxygen atoms in total. The van der Waals surface area contributed by atoms with Crippen LogP contribution in [0.1, 0.15) is 25.7 Å². The fourth-order valence-electron chi connectivity index (χ4n) is 2.48. The molecule has 0 aromatic rings. The van der Waals surface area contributed by atoms with Gasteiger partial charge in [-0.15, -0.1) is 0 Å². The van der Waals surface area contributed by atoms with Crippen LogP contribution in [-0.2, 0) is 4.74 Å². The van der Waals surface area contributed by atoms with Crippen LogP contribution < -0.4 is 0 Å². The fraction of sp³-hybridized carbons (Fsp3) is 1.00. The summed E-state index contributed by atoms with van der Waals surface area (Å²) in [6, 6.07) is 0. The number of hydrogen-bond donors (Lipinski definition) is 0. The number of ether oxygens (including phenoxy) is 1. The van der Waals surface area contributed by atoms with E-state index in [0.717, 1.165) is 11.8 Å². The summed E-state index contributed by atoms with van der Waals surface area (Å²) < 4.78 is 5.35. The maximum absolute atomic E-state index is 5.35. The second-order valence-corrected chi connectivity index (χ2v) is 3.45. The number of fused-ring (bicyclic) bond motifs is 2. The lowest BCUT2D eigenvalue weighted by Gasteiger charge is -2.19. The number of rotatable bonds is 1. The molecule has 2 fully saturated rings. The average Bonchev–Trinajstić information content (AvgIpc) is 2.45. The first-order valence-corrected chi connectivity index (χ1v) is 3.93. The highest BCUT2D eigenvalue weighted by molar-refractivity contribution is 4.90. The van der Waals surface area contributed by atoms with Gasteiger partial charge in [0.2, 0.25) is 0 Å². The third kappa shape index (κ3) is 0.787. The van der Waals surface area contributed by atoms with Crippen LogP contribution in [0.15, 0.2) is 0 Å². The minimum atomic E-state index is 0.628. The number of methoxy groups -OCH3 is 1. The Kier molecular flexibility index (Phi) is 1.26. The van der Waals surface area contributed by atoms with Gasteiger partial charge < -0.3 is 4.74 Å². The molecule has 0 unspecified atom stereocenters. The summed E-state index contributed by atoms with van der Waals surface area (Å²) in [6.07, 6.45) is 6.34. The molecule has 0 saturated heterocycles. The van der Waals surface area contributed by atoms with Crippen molar-refractivity contribution in [2.45, 2.75) is 31.8 Å². The van der Waals surface area contributed by atoms with Gasteiger partial charge in [0.25, 0.3) is 0 Å². The Labute approximate surface area is 56.4 Å². The Morgan fingerprint density at radius 3 is 2.44 bits per heavy atom. The molecule has 9 heavy (non-hydrogen) atoms. The second kappa shape index (κ2) is 1.98. The first-order chi connectivity index (χ1) is 4.40. The number of hydrogen-bond acceptors (Lipinski definition) is 1. The van der Waals surface area contributed by atoms with Gasteiger partial charge >= 0.3 is 0 Å². The van der Waals surface area contributed by atoms with Gasteiger partial charge in [-0.3, -0.25) is 0 Å². The Balaban J connectivity index is 2.01. The molecule has 2 saturated carbocycles. The normalized spacial score (nSPS) is 48.3. The Hall–Kier alpha value is -0.0400. The molecule has 0 radical (unpaired) electrons. The van der Waals surface area contributed by atoms with Gasteiger partial charge in [-0.2, -0.15) is 0 Å². The van der Waals surface area contributed by atoms with Crippen LogP contribution in [-0.4, -0.2) is 13.2 Å². The van der Waals surface area contributed by atoms with Crippen molar-refractivity contribution in [3.05, 3.63) is 0 Å². The van der Waals surface area contributed by atoms with Gasteiger partial charge in [0.15, 0.2) is 0 Å². The minimum Gasteiger partial charge on any atom is -0.381 e. The SMILES string of the molecule is CO[C@@H]1C[C@H]2CC[C@@H]1C2. The molecular weight excluding hydrogens is 112 g/mol. The first-order valence-electron chi connectivity index (χ1n) is 3.93. The van der Waals surface area contributed by atoms with Gasteiger partial charge in [0, 0.05) is 7.11 Å². The van der Waals surface area contributed by atoms with E-state index >= 15 is 0 Å². The summed E-state index contributed by atoms with van der Waals surface area (Å²) in [5, 5.41) is 0. The zero-order valence-corrected chi connectivity index (χ0v) is 5.97. The van der Waals surface area contributed by atoms with E-state index in [0.29, 0.717) is 6.10 Å². The Bertz CT molecular complexity index is 111. The van der Waals surface area contributed by atoms with Crippen molar-refractivity contribution in [2.75, 3.05) is 7.11 Å². The molecule has 2 aliphatic carbocycles. The molecule has 2 rings (SSSR count). The van der Waals surface area contributed by atoms with E-state index < -0.39 is 0 Å². The Morgan fingerprint density at radius 1 is 1.22 bits per heavy atom. The monoisotopic (exact) mass is 126 g/mol. The van der Waals surface area contributed by atoms with Crippen LogP contribution in [0.3, 0.4) is 0 Å². The van der Waals surface area contributed by atoms with Gasteiger partial charge in [-0.1, -0.05) is 0 Å². The van der Waals surface area contributed by atoms with Crippen molar-refractivity contribution in [1.82, 2.24) is 0 Å². The fourth-order valence-corrected chi connectivity index (χ4v) is 2.48. The highest BCUT2D eigenvalue weighted by Crippen LogP contribution is 2.45. The zero-order chi connectivity index (χ0) is 6.27. The third-order valence-electron chi connectivity index (χ3n) is 2.98. The molecule has 1 heteroatoms. The highest BCUT2D eigenvalue weighted by Gasteiger charge is 2.39. The molecule has 3 atom stereocenters. The van der Waals surface area contributed by atoms with E-state index in [1.165, 1.54) is 25.7 Å². The summed E-state index contributed by atoms with van der Waals surface area (Å²) in [7, 11) is 1.85. The van der Waals surface area contributed by atoms with E-state index in [-0.39, 0.29) is 0 Å². The van der Waals surface area contributed by atoms with E-state index in [2.05, 4.69) is 0 Å². The van der Waals surface area contributed by atoms with E-state index in [4.69, 9.17) is 4.74 Å². The van der Waals surface area contributed by atoms with Gasteiger partial charge in [0.1, 0.15) is 0 Å². The molecule has 0 N–H and O–H groups in total. The molecule has 0 amide bonds. The summed E-state index contributed by atoms with van der Waals surface area (Å²) >= 11 is 0. The average molecular weight is 126 g/mol. The van der Waals surface area contributed by atoms with Crippen molar-refractivity contribution < 1.29 is 4.74 Å². The van der Waals surface area contributed by atoms with Crippen LogP contribution >= 0.6 is 0 Å². The van der Waals surface area contributed by atoms with Crippen LogP contribution in [0.4, 0.5) is 0 Å². The topological polar surface area (TPSA) is 9.23 Å². The van der Waals surface area contributed by atoms with Crippen LogP contribution in [0.25, 0.3) is 0 Å². The molecule has 0 aromatic heterocycles. The molecule has 0 spiro atoms. The summed E-state index contributed by atoms with van der Waals surface area (Å²) in [6.45, 7) is 0. The Morgan fingerprint density at radius 2 is 2.11 bits per heavy atom. The van der Waals surface area contributed by atoms with E-state index in [9.17, 15) is 0 Å². The van der Waals surface area contributed by atoms with Crippen LogP contribution in [0, 0.1) is 11.8 Å². The highest BCUT2D eigenvalue weighted by atomic mass is 16.5. The van der Waals surface area contributed by atoms with E-state index in [1.54, 1.807) is 0 Å². The maximum Gasteiger partial charge on any atom is 0.0602 e. The molecule has 2 bridgehead atoms. The van der Waals surface area contributed by atoms with Crippen molar-refractivity contribution >= 4 is 0 Å². The molecule has 2 aliphatic rings. The third-order valence-corrected chi connectivity index (χ3v) is 2.98. The lowest BCUT2D eigenvalue weighted by atomic mass is 9.98. The molecule has 0 heterocycles. The molecule has 52 valence electrons. The lowest BCUT2D eigenvalue weighted by Crippen LogP contribution is -2.18. The predicted octanol–water partition coefficient (Wildman–Crippen LogP) is 1.82. The van der Waals surface area contributed by atoms with Crippen molar-refractivity contribution in [2.24, 2.45) is 11.8 Å². The largest absolute Gasteiger partial charge is 0.381 e. The zero-order valence-electron chi connectivity index (χ0n) is 5.97. The van der Waals surface area contributed by atoms with Gasteiger partial charge in [-0.25, -0.2) is 0 Å². The maximum atomic E-state index is 5.35. The van der Waals surface area contributed by atoms with Crippen LogP contribution in [0.5, 0.6) is 0 Å². The quantitative estimate of drug-likeness (QED) is 0.520. The standard InChI is InChI=1S/C8H14O/c1-9-8-5-6-2-3-7(8)4-6/h6-8H,2-5H2,1H3/t6-,7+,8+/m0/s1. The molecular formula is C8H14O. The van der Waals surface area contributed by atoms with Gasteiger partial charge in [0.05, 0.1) is 6.10 Å². The minimum absolute atomic E-state index is 0.628. The second-order valence-electron chi connectivity index (χ2n) is 3.45. The molecule has 0 aliphatic heterocycles. The van der Waals surface area contributed by atoms with Gasteiger partial charge in [-0.05, 0) is 37.5 Å². The lowest BCUT2D eigenvalue weighted by molar-refractivity contribution is 0.0572. The van der Waals surface area contributed by atoms with Crippen molar-refractivity contribution in [3.8, 4) is 0 Å². The van der Waals surface area contributed by atoms with E-state index in [1.807, 2.05) is 7.11 Å². The smallest absolute Gasteiger partial charge is 0.0602 e. The van der Waals surface area contributed by atoms with Crippen molar-refractivity contribution in [3.63, 3.8) is 0 Å². The van der Waals surface area contributed by atoms with Crippen molar-refractivity contribution in [1.29, 1.82) is 0 Å². The summed E-state index contributed by atoms with van der Waals surface area (Å²) in [5.74, 6) is 1.96. The predicted molar refractivity (Wildman–Crippen MR) is 36.2 cm³/mol. The summed E-state index contributed by atoms with van der Waals surface area (Å²) in [5.41, 5.74) is 0. The summed E-state index contributed by atoms with van der Waals surface area (Å²) in [4.78, 5) is 0. The first kappa shape index (κ1) is 5.72. The molecule has 0 aromatic carbocycles.